The number of aliphatic carboxylic acids is 1. The van der Waals surface area contributed by atoms with E-state index in [4.69, 9.17) is 5.11 Å². The zero-order valence-electron chi connectivity index (χ0n) is 8.97. The number of nitrogens with zero attached hydrogens (tertiary/aromatic N) is 2. The van der Waals surface area contributed by atoms with Gasteiger partial charge in [-0.15, -0.1) is 0 Å². The summed E-state index contributed by atoms with van der Waals surface area (Å²) in [7, 11) is 0. The Balaban J connectivity index is 1.93. The maximum absolute atomic E-state index is 10.7. The first kappa shape index (κ1) is 10.8. The zero-order valence-corrected chi connectivity index (χ0v) is 8.97. The fraction of sp³-hybridized carbons (Fsp3) is 0.333. The van der Waals surface area contributed by atoms with E-state index in [-0.39, 0.29) is 0 Å². The van der Waals surface area contributed by atoms with Gasteiger partial charge in [0.25, 0.3) is 0 Å². The maximum Gasteiger partial charge on any atom is 0.331 e. The van der Waals surface area contributed by atoms with Gasteiger partial charge in [0.2, 0.25) is 0 Å². The van der Waals surface area contributed by atoms with Crippen LogP contribution in [0.4, 0.5) is 0 Å². The highest BCUT2D eigenvalue weighted by molar-refractivity contribution is 5.86. The molecule has 4 heteroatoms. The van der Waals surface area contributed by atoms with E-state index in [0.717, 1.165) is 13.1 Å². The van der Waals surface area contributed by atoms with Gasteiger partial charge in [-0.25, -0.2) is 4.79 Å². The Morgan fingerprint density at radius 1 is 1.44 bits per heavy atom. The Bertz CT molecular complexity index is 401. The Hall–Kier alpha value is -1.68. The highest BCUT2D eigenvalue weighted by Gasteiger charge is 2.15. The van der Waals surface area contributed by atoms with Crippen LogP contribution in [0.2, 0.25) is 0 Å². The van der Waals surface area contributed by atoms with Gasteiger partial charge in [0.15, 0.2) is 0 Å². The number of hydrogen-bond donors (Lipinski definition) is 1. The van der Waals surface area contributed by atoms with Crippen molar-refractivity contribution in [2.75, 3.05) is 13.1 Å². The van der Waals surface area contributed by atoms with Crippen LogP contribution in [0.1, 0.15) is 12.0 Å². The Morgan fingerprint density at radius 3 is 2.75 bits per heavy atom. The van der Waals surface area contributed by atoms with E-state index in [1.165, 1.54) is 5.56 Å². The average molecular weight is 218 g/mol. The second kappa shape index (κ2) is 4.90. The van der Waals surface area contributed by atoms with Crippen LogP contribution >= 0.6 is 0 Å². The summed E-state index contributed by atoms with van der Waals surface area (Å²) in [5.41, 5.74) is 1.74. The van der Waals surface area contributed by atoms with Crippen molar-refractivity contribution in [3.8, 4) is 0 Å². The maximum atomic E-state index is 10.7. The van der Waals surface area contributed by atoms with Crippen molar-refractivity contribution >= 4 is 5.97 Å². The summed E-state index contributed by atoms with van der Waals surface area (Å²) in [6.45, 7) is 2.37. The molecule has 1 aromatic heterocycles. The molecule has 0 fully saturated rings. The van der Waals surface area contributed by atoms with Gasteiger partial charge in [0, 0.05) is 37.6 Å². The van der Waals surface area contributed by atoms with E-state index < -0.39 is 5.97 Å². The van der Waals surface area contributed by atoms with Crippen LogP contribution in [-0.4, -0.2) is 34.0 Å². The van der Waals surface area contributed by atoms with E-state index in [0.29, 0.717) is 18.5 Å². The van der Waals surface area contributed by atoms with Crippen molar-refractivity contribution in [2.45, 2.75) is 13.0 Å². The third-order valence-electron chi connectivity index (χ3n) is 2.72. The lowest BCUT2D eigenvalue weighted by Crippen LogP contribution is -2.29. The molecule has 1 aromatic rings. The highest BCUT2D eigenvalue weighted by Crippen LogP contribution is 2.13. The summed E-state index contributed by atoms with van der Waals surface area (Å²) in [5.74, 6) is -0.788. The Labute approximate surface area is 94.2 Å². The molecule has 0 spiro atoms. The second-order valence-electron chi connectivity index (χ2n) is 3.88. The molecule has 0 aromatic carbocycles. The van der Waals surface area contributed by atoms with Gasteiger partial charge in [-0.05, 0) is 24.1 Å². The lowest BCUT2D eigenvalue weighted by atomic mass is 10.1. The lowest BCUT2D eigenvalue weighted by molar-refractivity contribution is -0.133. The fourth-order valence-electron chi connectivity index (χ4n) is 1.80. The molecular weight excluding hydrogens is 204 g/mol. The number of carboxylic acid groups (broad SMARTS) is 1. The number of aromatic nitrogens is 1. The van der Waals surface area contributed by atoms with Crippen molar-refractivity contribution < 1.29 is 9.90 Å². The molecule has 1 N–H and O–H groups in total. The van der Waals surface area contributed by atoms with Gasteiger partial charge in [-0.3, -0.25) is 9.88 Å². The second-order valence-corrected chi connectivity index (χ2v) is 3.88. The number of carbonyl (C=O) groups is 1. The largest absolute Gasteiger partial charge is 0.478 e. The van der Waals surface area contributed by atoms with E-state index in [1.54, 1.807) is 18.5 Å². The molecule has 0 aliphatic carbocycles. The first-order chi connectivity index (χ1) is 7.75. The summed E-state index contributed by atoms with van der Waals surface area (Å²) >= 11 is 0. The molecule has 0 saturated heterocycles. The molecule has 0 radical (unpaired) electrons. The molecule has 1 aliphatic rings. The van der Waals surface area contributed by atoms with Crippen LogP contribution in [0.5, 0.6) is 0 Å². The van der Waals surface area contributed by atoms with Crippen LogP contribution < -0.4 is 0 Å². The smallest absolute Gasteiger partial charge is 0.331 e. The Morgan fingerprint density at radius 2 is 2.19 bits per heavy atom. The number of rotatable bonds is 3. The molecule has 84 valence electrons. The van der Waals surface area contributed by atoms with Crippen molar-refractivity contribution in [2.24, 2.45) is 0 Å². The number of carboxylic acids is 1. The van der Waals surface area contributed by atoms with Gasteiger partial charge in [0.05, 0.1) is 0 Å². The predicted octanol–water partition coefficient (Wildman–Crippen LogP) is 1.30. The molecule has 4 nitrogen and oxygen atoms in total. The van der Waals surface area contributed by atoms with Crippen LogP contribution in [0, 0.1) is 0 Å². The van der Waals surface area contributed by atoms with Gasteiger partial charge in [-0.1, -0.05) is 6.08 Å². The van der Waals surface area contributed by atoms with Gasteiger partial charge >= 0.3 is 5.97 Å². The molecule has 0 bridgehead atoms. The van der Waals surface area contributed by atoms with Crippen LogP contribution in [-0.2, 0) is 11.3 Å². The van der Waals surface area contributed by atoms with Crippen LogP contribution in [0.3, 0.4) is 0 Å². The van der Waals surface area contributed by atoms with E-state index >= 15 is 0 Å². The zero-order chi connectivity index (χ0) is 11.4. The molecular formula is C12H14N2O2. The van der Waals surface area contributed by atoms with Gasteiger partial charge < -0.3 is 5.11 Å². The van der Waals surface area contributed by atoms with E-state index in [9.17, 15) is 4.79 Å². The van der Waals surface area contributed by atoms with Crippen molar-refractivity contribution in [3.05, 3.63) is 41.7 Å². The first-order valence-corrected chi connectivity index (χ1v) is 5.29. The van der Waals surface area contributed by atoms with Crippen molar-refractivity contribution in [3.63, 3.8) is 0 Å². The summed E-state index contributed by atoms with van der Waals surface area (Å²) in [6.07, 6.45) is 5.98. The van der Waals surface area contributed by atoms with Crippen LogP contribution in [0.15, 0.2) is 36.2 Å². The summed E-state index contributed by atoms with van der Waals surface area (Å²) in [6, 6.07) is 3.97. The third kappa shape index (κ3) is 2.67. The molecule has 0 unspecified atom stereocenters. The quantitative estimate of drug-likeness (QED) is 0.830. The topological polar surface area (TPSA) is 53.4 Å². The lowest BCUT2D eigenvalue weighted by Gasteiger charge is -2.24. The van der Waals surface area contributed by atoms with Gasteiger partial charge in [0.1, 0.15) is 0 Å². The molecule has 1 aliphatic heterocycles. The minimum atomic E-state index is -0.788. The first-order valence-electron chi connectivity index (χ1n) is 5.29. The van der Waals surface area contributed by atoms with Gasteiger partial charge in [-0.2, -0.15) is 0 Å². The standard InChI is InChI=1S/C12H14N2O2/c15-12(16)11-3-7-14(8-4-11)9-10-1-5-13-6-2-10/h1-3,5-6H,4,7-9H2,(H,15,16). The molecule has 0 amide bonds. The summed E-state index contributed by atoms with van der Waals surface area (Å²) < 4.78 is 0. The van der Waals surface area contributed by atoms with E-state index in [2.05, 4.69) is 9.88 Å². The average Bonchev–Trinajstić information content (AvgIpc) is 2.31. The minimum absolute atomic E-state index is 0.533. The molecule has 2 heterocycles. The number of hydrogen-bond acceptors (Lipinski definition) is 3. The molecule has 0 saturated carbocycles. The minimum Gasteiger partial charge on any atom is -0.478 e. The third-order valence-corrected chi connectivity index (χ3v) is 2.72. The summed E-state index contributed by atoms with van der Waals surface area (Å²) in [5, 5.41) is 8.82. The van der Waals surface area contributed by atoms with E-state index in [1.807, 2.05) is 12.1 Å². The monoisotopic (exact) mass is 218 g/mol. The molecule has 16 heavy (non-hydrogen) atoms. The SMILES string of the molecule is O=C(O)C1=CCN(Cc2ccncc2)CC1. The highest BCUT2D eigenvalue weighted by atomic mass is 16.4. The Kier molecular flexibility index (Phi) is 3.31. The van der Waals surface area contributed by atoms with Crippen LogP contribution in [0.25, 0.3) is 0 Å². The predicted molar refractivity (Wildman–Crippen MR) is 59.8 cm³/mol. The normalized spacial score (nSPS) is 16.9. The van der Waals surface area contributed by atoms with Crippen molar-refractivity contribution in [1.29, 1.82) is 0 Å². The molecule has 0 atom stereocenters. The summed E-state index contributed by atoms with van der Waals surface area (Å²) in [4.78, 5) is 16.9. The molecule has 2 rings (SSSR count). The van der Waals surface area contributed by atoms with Crippen molar-refractivity contribution in [1.82, 2.24) is 9.88 Å². The fourth-order valence-corrected chi connectivity index (χ4v) is 1.80. The number of pyridine rings is 1.